The topological polar surface area (TPSA) is 119 Å². The number of hydrogen-bond acceptors (Lipinski definition) is 5. The number of likely N-dealkylation sites (tertiary alicyclic amines) is 1. The molecule has 1 atom stereocenters. The molecule has 2 heterocycles. The summed E-state index contributed by atoms with van der Waals surface area (Å²) in [5.74, 6) is 0.440. The van der Waals surface area contributed by atoms with E-state index in [0.29, 0.717) is 30.1 Å². The standard InChI is InChI=1S/C12H20N4O4S/c1-8-11(9(2)20-15-8)12(17)16-5-3-4-10(7-16)6-14-21(13,18)19/h10,14H,3-7H2,1-2H3,(H2,13,18,19). The first kappa shape index (κ1) is 15.9. The summed E-state index contributed by atoms with van der Waals surface area (Å²) in [6, 6.07) is 0. The van der Waals surface area contributed by atoms with Crippen LogP contribution in [0.4, 0.5) is 0 Å². The van der Waals surface area contributed by atoms with Crippen LogP contribution in [-0.2, 0) is 10.2 Å². The molecule has 1 aromatic heterocycles. The van der Waals surface area contributed by atoms with Gasteiger partial charge in [0.05, 0.1) is 5.69 Å². The summed E-state index contributed by atoms with van der Waals surface area (Å²) < 4.78 is 29.2. The van der Waals surface area contributed by atoms with Crippen LogP contribution in [0.2, 0.25) is 0 Å². The Balaban J connectivity index is 2.02. The minimum Gasteiger partial charge on any atom is -0.361 e. The molecular weight excluding hydrogens is 296 g/mol. The smallest absolute Gasteiger partial charge is 0.274 e. The van der Waals surface area contributed by atoms with Gasteiger partial charge < -0.3 is 9.42 Å². The zero-order valence-corrected chi connectivity index (χ0v) is 12.9. The number of nitrogens with zero attached hydrogens (tertiary/aromatic N) is 2. The van der Waals surface area contributed by atoms with E-state index in [2.05, 4.69) is 9.88 Å². The third-order valence-electron chi connectivity index (χ3n) is 3.63. The van der Waals surface area contributed by atoms with Crippen LogP contribution in [0.5, 0.6) is 0 Å². The van der Waals surface area contributed by atoms with E-state index in [1.807, 2.05) is 0 Å². The van der Waals surface area contributed by atoms with E-state index in [-0.39, 0.29) is 18.4 Å². The second kappa shape index (κ2) is 6.12. The molecule has 1 fully saturated rings. The SMILES string of the molecule is Cc1noc(C)c1C(=O)N1CCCC(CNS(N)(=O)=O)C1. The Kier molecular flexibility index (Phi) is 4.64. The Morgan fingerprint density at radius 2 is 2.24 bits per heavy atom. The summed E-state index contributed by atoms with van der Waals surface area (Å²) in [5.41, 5.74) is 1.07. The zero-order valence-electron chi connectivity index (χ0n) is 12.1. The van der Waals surface area contributed by atoms with E-state index in [0.717, 1.165) is 12.8 Å². The maximum atomic E-state index is 12.5. The highest BCUT2D eigenvalue weighted by molar-refractivity contribution is 7.87. The number of piperidine rings is 1. The Labute approximate surface area is 123 Å². The van der Waals surface area contributed by atoms with Gasteiger partial charge in [0.25, 0.3) is 16.1 Å². The monoisotopic (exact) mass is 316 g/mol. The van der Waals surface area contributed by atoms with Crippen LogP contribution in [0.25, 0.3) is 0 Å². The third kappa shape index (κ3) is 4.02. The van der Waals surface area contributed by atoms with Gasteiger partial charge in [0.1, 0.15) is 11.3 Å². The van der Waals surface area contributed by atoms with Gasteiger partial charge in [-0.15, -0.1) is 0 Å². The normalized spacial score (nSPS) is 19.8. The lowest BCUT2D eigenvalue weighted by molar-refractivity contribution is 0.0674. The van der Waals surface area contributed by atoms with E-state index in [4.69, 9.17) is 9.66 Å². The average Bonchev–Trinajstić information content (AvgIpc) is 2.75. The number of amides is 1. The third-order valence-corrected chi connectivity index (χ3v) is 4.20. The number of rotatable bonds is 4. The molecule has 9 heteroatoms. The van der Waals surface area contributed by atoms with Gasteiger partial charge in [0.2, 0.25) is 0 Å². The van der Waals surface area contributed by atoms with Gasteiger partial charge >= 0.3 is 0 Å². The summed E-state index contributed by atoms with van der Waals surface area (Å²) in [5, 5.41) is 8.71. The van der Waals surface area contributed by atoms with Crippen molar-refractivity contribution in [3.05, 3.63) is 17.0 Å². The largest absolute Gasteiger partial charge is 0.361 e. The van der Waals surface area contributed by atoms with E-state index >= 15 is 0 Å². The second-order valence-corrected chi connectivity index (χ2v) is 6.73. The van der Waals surface area contributed by atoms with Gasteiger partial charge in [-0.1, -0.05) is 5.16 Å². The van der Waals surface area contributed by atoms with Crippen LogP contribution < -0.4 is 9.86 Å². The summed E-state index contributed by atoms with van der Waals surface area (Å²) in [7, 11) is -3.70. The Morgan fingerprint density at radius 1 is 1.52 bits per heavy atom. The first-order chi connectivity index (χ1) is 9.78. The molecule has 1 aliphatic rings. The Morgan fingerprint density at radius 3 is 2.81 bits per heavy atom. The molecule has 0 aliphatic carbocycles. The van der Waals surface area contributed by atoms with E-state index in [1.165, 1.54) is 0 Å². The van der Waals surface area contributed by atoms with Gasteiger partial charge in [-0.05, 0) is 32.6 Å². The maximum Gasteiger partial charge on any atom is 0.274 e. The molecule has 0 aromatic carbocycles. The van der Waals surface area contributed by atoms with Crippen LogP contribution >= 0.6 is 0 Å². The summed E-state index contributed by atoms with van der Waals surface area (Å²) >= 11 is 0. The fraction of sp³-hybridized carbons (Fsp3) is 0.667. The van der Waals surface area contributed by atoms with E-state index in [1.54, 1.807) is 18.7 Å². The van der Waals surface area contributed by atoms with Crippen molar-refractivity contribution in [3.8, 4) is 0 Å². The molecule has 1 amide bonds. The molecule has 3 N–H and O–H groups in total. The molecule has 8 nitrogen and oxygen atoms in total. The highest BCUT2D eigenvalue weighted by Gasteiger charge is 2.28. The Hall–Kier alpha value is -1.45. The van der Waals surface area contributed by atoms with Crippen molar-refractivity contribution in [1.82, 2.24) is 14.8 Å². The fourth-order valence-corrected chi connectivity index (χ4v) is 3.06. The van der Waals surface area contributed by atoms with Crippen LogP contribution in [0, 0.1) is 19.8 Å². The predicted octanol–water partition coefficient (Wildman–Crippen LogP) is -0.0633. The van der Waals surface area contributed by atoms with Gasteiger partial charge in [-0.25, -0.2) is 9.86 Å². The minimum atomic E-state index is -3.70. The van der Waals surface area contributed by atoms with Gasteiger partial charge in [0.15, 0.2) is 0 Å². The highest BCUT2D eigenvalue weighted by Crippen LogP contribution is 2.21. The molecule has 1 aromatic rings. The van der Waals surface area contributed by atoms with Crippen LogP contribution in [0.3, 0.4) is 0 Å². The lowest BCUT2D eigenvalue weighted by Crippen LogP contribution is -2.44. The summed E-state index contributed by atoms with van der Waals surface area (Å²) in [6.07, 6.45) is 1.68. The second-order valence-electron chi connectivity index (χ2n) is 5.35. The van der Waals surface area contributed by atoms with Crippen LogP contribution in [0.1, 0.15) is 34.7 Å². The number of carbonyl (C=O) groups is 1. The molecular formula is C12H20N4O4S. The van der Waals surface area contributed by atoms with Crippen molar-refractivity contribution in [2.24, 2.45) is 11.1 Å². The molecule has 0 spiro atoms. The lowest BCUT2D eigenvalue weighted by Gasteiger charge is -2.32. The van der Waals surface area contributed by atoms with Gasteiger partial charge in [-0.3, -0.25) is 4.79 Å². The lowest BCUT2D eigenvalue weighted by atomic mass is 9.97. The average molecular weight is 316 g/mol. The van der Waals surface area contributed by atoms with Crippen molar-refractivity contribution in [2.45, 2.75) is 26.7 Å². The number of hydrogen-bond donors (Lipinski definition) is 2. The number of carbonyl (C=O) groups excluding carboxylic acids is 1. The molecule has 1 unspecified atom stereocenters. The van der Waals surface area contributed by atoms with E-state index in [9.17, 15) is 13.2 Å². The molecule has 0 bridgehead atoms. The Bertz CT molecular complexity index is 606. The van der Waals surface area contributed by atoms with Crippen molar-refractivity contribution < 1.29 is 17.7 Å². The summed E-state index contributed by atoms with van der Waals surface area (Å²) in [4.78, 5) is 14.2. The van der Waals surface area contributed by atoms with Crippen LogP contribution in [0.15, 0.2) is 4.52 Å². The zero-order chi connectivity index (χ0) is 15.6. The molecule has 21 heavy (non-hydrogen) atoms. The van der Waals surface area contributed by atoms with Crippen molar-refractivity contribution in [2.75, 3.05) is 19.6 Å². The quantitative estimate of drug-likeness (QED) is 0.806. The van der Waals surface area contributed by atoms with Crippen molar-refractivity contribution in [3.63, 3.8) is 0 Å². The number of aromatic nitrogens is 1. The highest BCUT2D eigenvalue weighted by atomic mass is 32.2. The van der Waals surface area contributed by atoms with Crippen molar-refractivity contribution >= 4 is 16.1 Å². The fourth-order valence-electron chi connectivity index (χ4n) is 2.60. The maximum absolute atomic E-state index is 12.5. The molecule has 2 rings (SSSR count). The van der Waals surface area contributed by atoms with Crippen LogP contribution in [-0.4, -0.2) is 44.0 Å². The predicted molar refractivity (Wildman–Crippen MR) is 75.7 cm³/mol. The van der Waals surface area contributed by atoms with E-state index < -0.39 is 10.2 Å². The molecule has 0 radical (unpaired) electrons. The number of nitrogens with one attached hydrogen (secondary N) is 1. The molecule has 1 saturated heterocycles. The van der Waals surface area contributed by atoms with Crippen molar-refractivity contribution in [1.29, 1.82) is 0 Å². The molecule has 118 valence electrons. The molecule has 1 aliphatic heterocycles. The first-order valence-corrected chi connectivity index (χ1v) is 8.32. The summed E-state index contributed by atoms with van der Waals surface area (Å²) in [6.45, 7) is 4.81. The van der Waals surface area contributed by atoms with Gasteiger partial charge in [0, 0.05) is 19.6 Å². The number of aryl methyl sites for hydroxylation is 2. The number of nitrogens with two attached hydrogens (primary N) is 1. The first-order valence-electron chi connectivity index (χ1n) is 6.77. The minimum absolute atomic E-state index is 0.0569. The molecule has 0 saturated carbocycles. The van der Waals surface area contributed by atoms with Gasteiger partial charge in [-0.2, -0.15) is 8.42 Å².